The molecule has 5 rings (SSSR count). The van der Waals surface area contributed by atoms with Gasteiger partial charge in [0.05, 0.1) is 5.69 Å². The smallest absolute Gasteiger partial charge is 0.243 e. The van der Waals surface area contributed by atoms with Crippen LogP contribution < -0.4 is 5.32 Å². The molecule has 1 aromatic carbocycles. The number of nitrogens with zero attached hydrogens (tertiary/aromatic N) is 4. The van der Waals surface area contributed by atoms with Crippen LogP contribution in [0.15, 0.2) is 42.5 Å². The first-order valence-electron chi connectivity index (χ1n) is 9.84. The topological polar surface area (TPSA) is 45.5 Å². The predicted octanol–water partition coefficient (Wildman–Crippen LogP) is 3.77. The van der Waals surface area contributed by atoms with E-state index in [4.69, 9.17) is 0 Å². The lowest BCUT2D eigenvalue weighted by Gasteiger charge is -2.26. The lowest BCUT2D eigenvalue weighted by molar-refractivity contribution is 0.294. The van der Waals surface area contributed by atoms with Crippen molar-refractivity contribution in [1.82, 2.24) is 19.5 Å². The Morgan fingerprint density at radius 2 is 1.85 bits per heavy atom. The normalized spacial score (nSPS) is 18.1. The lowest BCUT2D eigenvalue weighted by atomic mass is 10.1. The maximum atomic E-state index is 4.69. The fourth-order valence-corrected chi connectivity index (χ4v) is 4.53. The number of fused-ring (bicyclic) bond motifs is 1. The second-order valence-electron chi connectivity index (χ2n) is 7.53. The molecule has 1 aliphatic heterocycles. The number of anilines is 1. The van der Waals surface area contributed by atoms with Crippen LogP contribution in [0.3, 0.4) is 0 Å². The minimum atomic E-state index is 0.730. The van der Waals surface area contributed by atoms with Crippen molar-refractivity contribution >= 4 is 23.4 Å². The van der Waals surface area contributed by atoms with E-state index in [1.54, 1.807) is 0 Å². The van der Waals surface area contributed by atoms with Crippen molar-refractivity contribution in [2.75, 3.05) is 36.5 Å². The van der Waals surface area contributed by atoms with Crippen LogP contribution in [0.4, 0.5) is 5.95 Å². The molecule has 3 heterocycles. The van der Waals surface area contributed by atoms with Crippen LogP contribution in [-0.2, 0) is 6.54 Å². The van der Waals surface area contributed by atoms with Crippen molar-refractivity contribution < 1.29 is 0 Å². The molecule has 5 nitrogen and oxygen atoms in total. The maximum absolute atomic E-state index is 4.69. The van der Waals surface area contributed by atoms with Crippen LogP contribution >= 0.6 is 11.8 Å². The Kier molecular flexibility index (Phi) is 4.76. The van der Waals surface area contributed by atoms with Gasteiger partial charge in [0.2, 0.25) is 5.95 Å². The van der Waals surface area contributed by atoms with Crippen LogP contribution in [0.25, 0.3) is 16.9 Å². The summed E-state index contributed by atoms with van der Waals surface area (Å²) in [6, 6.07) is 15.1. The largest absolute Gasteiger partial charge is 0.353 e. The Hall–Kier alpha value is -2.05. The predicted molar refractivity (Wildman–Crippen MR) is 112 cm³/mol. The molecule has 0 bridgehead atoms. The van der Waals surface area contributed by atoms with E-state index < -0.39 is 0 Å². The zero-order chi connectivity index (χ0) is 18.1. The summed E-state index contributed by atoms with van der Waals surface area (Å²) in [5.41, 5.74) is 4.53. The monoisotopic (exact) mass is 379 g/mol. The van der Waals surface area contributed by atoms with Gasteiger partial charge in [0.1, 0.15) is 0 Å². The number of rotatable bonds is 6. The van der Waals surface area contributed by atoms with Crippen LogP contribution in [0.1, 0.15) is 18.4 Å². The fraction of sp³-hybridized carbons (Fsp3) is 0.429. The SMILES string of the molecule is c1cc(-c2ccc(CN3CCSCC3)cc2)n2nc(NCC3CC3)nc2c1. The number of hydrogen-bond acceptors (Lipinski definition) is 5. The quantitative estimate of drug-likeness (QED) is 0.706. The molecule has 0 amide bonds. The average Bonchev–Trinajstić information content (AvgIpc) is 3.45. The molecule has 140 valence electrons. The van der Waals surface area contributed by atoms with E-state index in [9.17, 15) is 0 Å². The van der Waals surface area contributed by atoms with E-state index in [0.717, 1.165) is 36.3 Å². The molecule has 0 atom stereocenters. The van der Waals surface area contributed by atoms with Crippen LogP contribution in [0.2, 0.25) is 0 Å². The summed E-state index contributed by atoms with van der Waals surface area (Å²) in [7, 11) is 0. The molecule has 0 spiro atoms. The minimum absolute atomic E-state index is 0.730. The summed E-state index contributed by atoms with van der Waals surface area (Å²) in [6.45, 7) is 4.42. The molecule has 27 heavy (non-hydrogen) atoms. The van der Waals surface area contributed by atoms with Crippen molar-refractivity contribution in [3.8, 4) is 11.3 Å². The van der Waals surface area contributed by atoms with Gasteiger partial charge >= 0.3 is 0 Å². The molecule has 2 fully saturated rings. The highest BCUT2D eigenvalue weighted by molar-refractivity contribution is 7.99. The number of pyridine rings is 1. The van der Waals surface area contributed by atoms with Gasteiger partial charge in [-0.3, -0.25) is 4.90 Å². The highest BCUT2D eigenvalue weighted by atomic mass is 32.2. The van der Waals surface area contributed by atoms with Crippen molar-refractivity contribution in [1.29, 1.82) is 0 Å². The summed E-state index contributed by atoms with van der Waals surface area (Å²) >= 11 is 2.06. The number of hydrogen-bond donors (Lipinski definition) is 1. The Morgan fingerprint density at radius 1 is 1.04 bits per heavy atom. The van der Waals surface area contributed by atoms with Crippen molar-refractivity contribution in [2.24, 2.45) is 5.92 Å². The Bertz CT molecular complexity index is 910. The van der Waals surface area contributed by atoms with Crippen LogP contribution in [0, 0.1) is 5.92 Å². The van der Waals surface area contributed by atoms with Gasteiger partial charge in [-0.05, 0) is 36.5 Å². The molecule has 2 aliphatic rings. The molecule has 3 aromatic rings. The minimum Gasteiger partial charge on any atom is -0.353 e. The first-order chi connectivity index (χ1) is 13.3. The van der Waals surface area contributed by atoms with Gasteiger partial charge in [-0.25, -0.2) is 4.52 Å². The molecule has 1 aliphatic carbocycles. The van der Waals surface area contributed by atoms with Gasteiger partial charge in [-0.2, -0.15) is 16.7 Å². The first kappa shape index (κ1) is 17.1. The van der Waals surface area contributed by atoms with Crippen LogP contribution in [-0.4, -0.2) is 50.6 Å². The number of aromatic nitrogens is 3. The summed E-state index contributed by atoms with van der Waals surface area (Å²) < 4.78 is 1.95. The Morgan fingerprint density at radius 3 is 2.63 bits per heavy atom. The summed E-state index contributed by atoms with van der Waals surface area (Å²) in [5, 5.41) is 8.07. The van der Waals surface area contributed by atoms with E-state index in [-0.39, 0.29) is 0 Å². The van der Waals surface area contributed by atoms with Crippen molar-refractivity contribution in [3.63, 3.8) is 0 Å². The second kappa shape index (κ2) is 7.52. The first-order valence-corrected chi connectivity index (χ1v) is 11.0. The lowest BCUT2D eigenvalue weighted by Crippen LogP contribution is -2.31. The third-order valence-electron chi connectivity index (χ3n) is 5.37. The van der Waals surface area contributed by atoms with Crippen molar-refractivity contribution in [3.05, 3.63) is 48.0 Å². The van der Waals surface area contributed by atoms with Crippen LogP contribution in [0.5, 0.6) is 0 Å². The third-order valence-corrected chi connectivity index (χ3v) is 6.31. The van der Waals surface area contributed by atoms with Crippen molar-refractivity contribution in [2.45, 2.75) is 19.4 Å². The van der Waals surface area contributed by atoms with E-state index in [2.05, 4.69) is 68.5 Å². The van der Waals surface area contributed by atoms with Gasteiger partial charge in [0.25, 0.3) is 0 Å². The molecule has 1 saturated heterocycles. The third kappa shape index (κ3) is 3.96. The highest BCUT2D eigenvalue weighted by Crippen LogP contribution is 2.29. The van der Waals surface area contributed by atoms with Gasteiger partial charge < -0.3 is 5.32 Å². The number of thioether (sulfide) groups is 1. The zero-order valence-electron chi connectivity index (χ0n) is 15.5. The second-order valence-corrected chi connectivity index (χ2v) is 8.75. The molecule has 0 unspecified atom stereocenters. The van der Waals surface area contributed by atoms with E-state index >= 15 is 0 Å². The molecule has 1 saturated carbocycles. The number of nitrogens with one attached hydrogen (secondary N) is 1. The maximum Gasteiger partial charge on any atom is 0.243 e. The summed E-state index contributed by atoms with van der Waals surface area (Å²) in [5.74, 6) is 4.04. The summed E-state index contributed by atoms with van der Waals surface area (Å²) in [4.78, 5) is 7.17. The van der Waals surface area contributed by atoms with E-state index in [1.165, 1.54) is 48.6 Å². The zero-order valence-corrected chi connectivity index (χ0v) is 16.3. The molecule has 2 aromatic heterocycles. The highest BCUT2D eigenvalue weighted by Gasteiger charge is 2.21. The molecule has 1 N–H and O–H groups in total. The van der Waals surface area contributed by atoms with E-state index in [0.29, 0.717) is 0 Å². The summed E-state index contributed by atoms with van der Waals surface area (Å²) in [6.07, 6.45) is 2.66. The molecular weight excluding hydrogens is 354 g/mol. The fourth-order valence-electron chi connectivity index (χ4n) is 3.55. The number of benzene rings is 1. The Balaban J connectivity index is 1.35. The average molecular weight is 380 g/mol. The molecule has 0 radical (unpaired) electrons. The van der Waals surface area contributed by atoms with Gasteiger partial charge in [-0.15, -0.1) is 5.10 Å². The van der Waals surface area contributed by atoms with Gasteiger partial charge in [-0.1, -0.05) is 30.3 Å². The van der Waals surface area contributed by atoms with Gasteiger partial charge in [0, 0.05) is 43.2 Å². The van der Waals surface area contributed by atoms with Gasteiger partial charge in [0.15, 0.2) is 5.65 Å². The molecule has 6 heteroatoms. The Labute approximate surface area is 164 Å². The standard InChI is InChI=1S/C21H25N5S/c1-2-19(26-20(3-1)23-21(24-26)22-14-16-4-5-16)18-8-6-17(7-9-18)15-25-10-12-27-13-11-25/h1-3,6-9,16H,4-5,10-15H2,(H,22,24). The molecular formula is C21H25N5S. The van der Waals surface area contributed by atoms with E-state index in [1.807, 2.05) is 10.6 Å².